The first-order valence-electron chi connectivity index (χ1n) is 6.50. The topological polar surface area (TPSA) is 55.4 Å². The molecular weight excluding hydrogens is 274 g/mol. The van der Waals surface area contributed by atoms with Gasteiger partial charge in [-0.1, -0.05) is 19.1 Å². The normalized spacial score (nSPS) is 11.0. The molecule has 0 atom stereocenters. The lowest BCUT2D eigenvalue weighted by Gasteiger charge is -2.24. The minimum atomic E-state index is -0.387. The molecule has 0 saturated carbocycles. The van der Waals surface area contributed by atoms with Gasteiger partial charge in [-0.25, -0.2) is 4.79 Å². The second-order valence-electron chi connectivity index (χ2n) is 5.06. The molecule has 0 aliphatic rings. The first kappa shape index (κ1) is 16.6. The average Bonchev–Trinajstić information content (AvgIpc) is 2.44. The van der Waals surface area contributed by atoms with Crippen LogP contribution in [0, 0.1) is 0 Å². The summed E-state index contributed by atoms with van der Waals surface area (Å²) < 4.78 is 4.73. The summed E-state index contributed by atoms with van der Waals surface area (Å²) in [5.41, 5.74) is 0.280. The summed E-state index contributed by atoms with van der Waals surface area (Å²) in [4.78, 5) is 24.3. The van der Waals surface area contributed by atoms with E-state index in [0.29, 0.717) is 5.56 Å². The van der Waals surface area contributed by atoms with Gasteiger partial charge in [-0.3, -0.25) is 4.79 Å². The third-order valence-corrected chi connectivity index (χ3v) is 4.09. The maximum absolute atomic E-state index is 11.9. The van der Waals surface area contributed by atoms with Crippen LogP contribution in [-0.4, -0.2) is 30.3 Å². The van der Waals surface area contributed by atoms with Crippen LogP contribution in [0.15, 0.2) is 29.2 Å². The van der Waals surface area contributed by atoms with Crippen molar-refractivity contribution in [3.8, 4) is 0 Å². The van der Waals surface area contributed by atoms with Crippen molar-refractivity contribution in [1.29, 1.82) is 0 Å². The number of carbonyl (C=O) groups is 2. The second kappa shape index (κ2) is 7.33. The Bertz CT molecular complexity index is 486. The molecule has 5 heteroatoms. The highest BCUT2D eigenvalue weighted by molar-refractivity contribution is 8.00. The molecule has 0 heterocycles. The van der Waals surface area contributed by atoms with Crippen molar-refractivity contribution in [3.63, 3.8) is 0 Å². The molecule has 4 nitrogen and oxygen atoms in total. The number of amides is 1. The zero-order chi connectivity index (χ0) is 15.2. The highest BCUT2D eigenvalue weighted by Gasteiger charge is 2.18. The molecule has 0 saturated heterocycles. The van der Waals surface area contributed by atoms with Crippen LogP contribution in [0.1, 0.15) is 37.6 Å². The van der Waals surface area contributed by atoms with E-state index in [1.807, 2.05) is 32.9 Å². The smallest absolute Gasteiger partial charge is 0.338 e. The number of thioether (sulfide) groups is 1. The fraction of sp³-hybridized carbons (Fsp3) is 0.467. The predicted octanol–water partition coefficient (Wildman–Crippen LogP) is 2.87. The van der Waals surface area contributed by atoms with E-state index < -0.39 is 0 Å². The zero-order valence-corrected chi connectivity index (χ0v) is 13.2. The Morgan fingerprint density at radius 1 is 1.30 bits per heavy atom. The zero-order valence-electron chi connectivity index (χ0n) is 12.4. The van der Waals surface area contributed by atoms with Gasteiger partial charge in [-0.05, 0) is 32.4 Å². The molecular formula is C15H21NO3S. The van der Waals surface area contributed by atoms with Crippen LogP contribution >= 0.6 is 11.8 Å². The molecule has 1 amide bonds. The van der Waals surface area contributed by atoms with Gasteiger partial charge in [0.15, 0.2) is 0 Å². The highest BCUT2D eigenvalue weighted by atomic mass is 32.2. The van der Waals surface area contributed by atoms with Crippen molar-refractivity contribution in [2.75, 3.05) is 12.9 Å². The molecule has 110 valence electrons. The van der Waals surface area contributed by atoms with E-state index in [9.17, 15) is 9.59 Å². The first-order valence-corrected chi connectivity index (χ1v) is 7.49. The second-order valence-corrected chi connectivity index (χ2v) is 6.08. The van der Waals surface area contributed by atoms with Crippen LogP contribution in [0.3, 0.4) is 0 Å². The van der Waals surface area contributed by atoms with Crippen molar-refractivity contribution in [2.45, 2.75) is 37.6 Å². The van der Waals surface area contributed by atoms with Crippen molar-refractivity contribution < 1.29 is 14.3 Å². The number of ether oxygens (including phenoxy) is 1. The standard InChI is InChI=1S/C15H21NO3S/c1-5-15(2,3)16-13(17)10-20-12-9-7-6-8-11(12)14(18)19-4/h6-9H,5,10H2,1-4H3,(H,16,17). The molecule has 0 aromatic heterocycles. The third-order valence-electron chi connectivity index (χ3n) is 3.01. The summed E-state index contributed by atoms with van der Waals surface area (Å²) in [5, 5.41) is 2.96. The molecule has 0 fully saturated rings. The van der Waals surface area contributed by atoms with Crippen LogP contribution in [-0.2, 0) is 9.53 Å². The van der Waals surface area contributed by atoms with Gasteiger partial charge in [0.2, 0.25) is 5.91 Å². The van der Waals surface area contributed by atoms with Crippen LogP contribution in [0.5, 0.6) is 0 Å². The van der Waals surface area contributed by atoms with Crippen molar-refractivity contribution in [2.24, 2.45) is 0 Å². The number of rotatable bonds is 6. The number of methoxy groups -OCH3 is 1. The Hall–Kier alpha value is -1.49. The number of nitrogens with one attached hydrogen (secondary N) is 1. The van der Waals surface area contributed by atoms with Gasteiger partial charge in [0.1, 0.15) is 0 Å². The van der Waals surface area contributed by atoms with Gasteiger partial charge in [-0.15, -0.1) is 11.8 Å². The van der Waals surface area contributed by atoms with Gasteiger partial charge >= 0.3 is 5.97 Å². The van der Waals surface area contributed by atoms with E-state index in [4.69, 9.17) is 4.74 Å². The Balaban J connectivity index is 2.67. The van der Waals surface area contributed by atoms with Gasteiger partial charge in [0.05, 0.1) is 18.4 Å². The summed E-state index contributed by atoms with van der Waals surface area (Å²) in [7, 11) is 1.35. The van der Waals surface area contributed by atoms with E-state index in [-0.39, 0.29) is 23.2 Å². The van der Waals surface area contributed by atoms with E-state index in [0.717, 1.165) is 11.3 Å². The first-order chi connectivity index (χ1) is 9.39. The number of esters is 1. The molecule has 0 aliphatic heterocycles. The Labute approximate surface area is 124 Å². The molecule has 1 rings (SSSR count). The van der Waals surface area contributed by atoms with E-state index in [1.165, 1.54) is 18.9 Å². The number of benzene rings is 1. The summed E-state index contributed by atoms with van der Waals surface area (Å²) in [6.07, 6.45) is 0.863. The number of hydrogen-bond acceptors (Lipinski definition) is 4. The average molecular weight is 295 g/mol. The molecule has 1 aromatic carbocycles. The molecule has 0 aliphatic carbocycles. The fourth-order valence-corrected chi connectivity index (χ4v) is 2.36. The van der Waals surface area contributed by atoms with Crippen molar-refractivity contribution in [3.05, 3.63) is 29.8 Å². The lowest BCUT2D eigenvalue weighted by Crippen LogP contribution is -2.43. The Kier molecular flexibility index (Phi) is 6.07. The molecule has 0 unspecified atom stereocenters. The molecule has 0 spiro atoms. The molecule has 1 N–H and O–H groups in total. The summed E-state index contributed by atoms with van der Waals surface area (Å²) in [6.45, 7) is 6.00. The van der Waals surface area contributed by atoms with E-state index in [2.05, 4.69) is 5.32 Å². The quantitative estimate of drug-likeness (QED) is 0.647. The minimum Gasteiger partial charge on any atom is -0.465 e. The highest BCUT2D eigenvalue weighted by Crippen LogP contribution is 2.23. The summed E-state index contributed by atoms with van der Waals surface area (Å²) in [5.74, 6) is -0.152. The van der Waals surface area contributed by atoms with Crippen LogP contribution in [0.4, 0.5) is 0 Å². The number of hydrogen-bond donors (Lipinski definition) is 1. The lowest BCUT2D eigenvalue weighted by atomic mass is 10.0. The number of carbonyl (C=O) groups excluding carboxylic acids is 2. The monoisotopic (exact) mass is 295 g/mol. The third kappa shape index (κ3) is 4.89. The van der Waals surface area contributed by atoms with E-state index in [1.54, 1.807) is 12.1 Å². The van der Waals surface area contributed by atoms with Crippen molar-refractivity contribution >= 4 is 23.6 Å². The molecule has 0 radical (unpaired) electrons. The summed E-state index contributed by atoms with van der Waals surface area (Å²) >= 11 is 1.34. The van der Waals surface area contributed by atoms with Crippen molar-refractivity contribution in [1.82, 2.24) is 5.32 Å². The lowest BCUT2D eigenvalue weighted by molar-refractivity contribution is -0.120. The molecule has 20 heavy (non-hydrogen) atoms. The predicted molar refractivity (Wildman–Crippen MR) is 81.0 cm³/mol. The van der Waals surface area contributed by atoms with Crippen LogP contribution in [0.25, 0.3) is 0 Å². The minimum absolute atomic E-state index is 0.0403. The SMILES string of the molecule is CCC(C)(C)NC(=O)CSc1ccccc1C(=O)OC. The Morgan fingerprint density at radius 3 is 2.55 bits per heavy atom. The maximum atomic E-state index is 11.9. The molecule has 1 aromatic rings. The van der Waals surface area contributed by atoms with Gasteiger partial charge in [-0.2, -0.15) is 0 Å². The van der Waals surface area contributed by atoms with E-state index >= 15 is 0 Å². The van der Waals surface area contributed by atoms with Crippen LogP contribution in [0.2, 0.25) is 0 Å². The van der Waals surface area contributed by atoms with Gasteiger partial charge in [0, 0.05) is 10.4 Å². The fourth-order valence-electron chi connectivity index (χ4n) is 1.52. The Morgan fingerprint density at radius 2 is 1.95 bits per heavy atom. The summed E-state index contributed by atoms with van der Waals surface area (Å²) in [6, 6.07) is 7.12. The van der Waals surface area contributed by atoms with Crippen LogP contribution < -0.4 is 5.32 Å². The van der Waals surface area contributed by atoms with Gasteiger partial charge in [0.25, 0.3) is 0 Å². The maximum Gasteiger partial charge on any atom is 0.338 e. The largest absolute Gasteiger partial charge is 0.465 e. The molecule has 0 bridgehead atoms. The van der Waals surface area contributed by atoms with Gasteiger partial charge < -0.3 is 10.1 Å².